The first-order valence-electron chi connectivity index (χ1n) is 10.7. The van der Waals surface area contributed by atoms with Crippen molar-refractivity contribution in [2.24, 2.45) is 0 Å². The predicted molar refractivity (Wildman–Crippen MR) is 118 cm³/mol. The quantitative estimate of drug-likeness (QED) is 0.612. The van der Waals surface area contributed by atoms with Crippen LogP contribution in [0.5, 0.6) is 0 Å². The van der Waals surface area contributed by atoms with Crippen LogP contribution in [-0.4, -0.2) is 48.9 Å². The Balaban J connectivity index is 1.40. The smallest absolute Gasteiger partial charge is 0.287 e. The number of benzene rings is 2. The SMILES string of the molecule is O=C(N[C@@H](Cc1ccccc1)C(=O)N1CC[NH+](Cc2ccccc2)CC1)c1ccco1. The van der Waals surface area contributed by atoms with E-state index in [9.17, 15) is 9.59 Å². The maximum atomic E-state index is 13.3. The molecule has 6 heteroatoms. The molecule has 0 radical (unpaired) electrons. The molecule has 1 saturated heterocycles. The predicted octanol–water partition coefficient (Wildman–Crippen LogP) is 1.55. The van der Waals surface area contributed by atoms with Crippen LogP contribution in [0.2, 0.25) is 0 Å². The minimum atomic E-state index is -0.629. The van der Waals surface area contributed by atoms with E-state index in [0.29, 0.717) is 19.5 Å². The highest BCUT2D eigenvalue weighted by Gasteiger charge is 2.31. The molecule has 1 aliphatic rings. The number of nitrogens with one attached hydrogen (secondary N) is 2. The number of piperazine rings is 1. The Morgan fingerprint density at radius 3 is 2.16 bits per heavy atom. The monoisotopic (exact) mass is 418 g/mol. The van der Waals surface area contributed by atoms with Gasteiger partial charge in [0.2, 0.25) is 5.91 Å². The number of amides is 2. The summed E-state index contributed by atoms with van der Waals surface area (Å²) in [5, 5.41) is 2.89. The van der Waals surface area contributed by atoms with Crippen molar-refractivity contribution in [2.75, 3.05) is 26.2 Å². The lowest BCUT2D eigenvalue weighted by molar-refractivity contribution is -0.917. The summed E-state index contributed by atoms with van der Waals surface area (Å²) in [5.74, 6) is -0.196. The molecule has 0 aliphatic carbocycles. The molecule has 31 heavy (non-hydrogen) atoms. The molecule has 2 heterocycles. The van der Waals surface area contributed by atoms with Gasteiger partial charge < -0.3 is 19.5 Å². The van der Waals surface area contributed by atoms with Crippen LogP contribution in [0.1, 0.15) is 21.7 Å². The van der Waals surface area contributed by atoms with Gasteiger partial charge in [-0.05, 0) is 17.7 Å². The Hall–Kier alpha value is -3.38. The molecule has 0 spiro atoms. The standard InChI is InChI=1S/C25H27N3O3/c29-24(23-12-7-17-31-23)26-22(18-20-8-3-1-4-9-20)25(30)28-15-13-27(14-16-28)19-21-10-5-2-6-11-21/h1-12,17,22H,13-16,18-19H2,(H,26,29)/p+1/t22-/m0/s1. The summed E-state index contributed by atoms with van der Waals surface area (Å²) in [6.07, 6.45) is 1.90. The van der Waals surface area contributed by atoms with Gasteiger partial charge in [-0.15, -0.1) is 0 Å². The number of rotatable bonds is 7. The zero-order valence-corrected chi connectivity index (χ0v) is 17.5. The van der Waals surface area contributed by atoms with Gasteiger partial charge >= 0.3 is 0 Å². The van der Waals surface area contributed by atoms with Gasteiger partial charge in [0.05, 0.1) is 32.4 Å². The summed E-state index contributed by atoms with van der Waals surface area (Å²) in [6.45, 7) is 4.12. The Morgan fingerprint density at radius 2 is 1.55 bits per heavy atom. The van der Waals surface area contributed by atoms with Crippen LogP contribution in [0.25, 0.3) is 0 Å². The first-order chi connectivity index (χ1) is 15.2. The molecule has 2 aromatic carbocycles. The molecule has 0 unspecified atom stereocenters. The number of furan rings is 1. The van der Waals surface area contributed by atoms with Crippen molar-refractivity contribution in [1.29, 1.82) is 0 Å². The molecule has 2 N–H and O–H groups in total. The van der Waals surface area contributed by atoms with Gasteiger partial charge in [-0.25, -0.2) is 0 Å². The van der Waals surface area contributed by atoms with Crippen LogP contribution in [0, 0.1) is 0 Å². The zero-order chi connectivity index (χ0) is 21.5. The van der Waals surface area contributed by atoms with Crippen LogP contribution >= 0.6 is 0 Å². The van der Waals surface area contributed by atoms with E-state index >= 15 is 0 Å². The molecule has 2 amide bonds. The summed E-state index contributed by atoms with van der Waals surface area (Å²) in [7, 11) is 0. The van der Waals surface area contributed by atoms with Crippen molar-refractivity contribution in [1.82, 2.24) is 10.2 Å². The van der Waals surface area contributed by atoms with E-state index in [0.717, 1.165) is 25.2 Å². The van der Waals surface area contributed by atoms with Crippen molar-refractivity contribution in [3.05, 3.63) is 95.9 Å². The number of hydrogen-bond donors (Lipinski definition) is 2. The zero-order valence-electron chi connectivity index (χ0n) is 17.5. The fourth-order valence-electron chi connectivity index (χ4n) is 4.01. The van der Waals surface area contributed by atoms with E-state index in [4.69, 9.17) is 4.42 Å². The third kappa shape index (κ3) is 5.61. The van der Waals surface area contributed by atoms with E-state index in [-0.39, 0.29) is 17.6 Å². The number of carbonyl (C=O) groups is 2. The molecule has 1 aliphatic heterocycles. The average molecular weight is 419 g/mol. The minimum Gasteiger partial charge on any atom is -0.459 e. The Kier molecular flexibility index (Phi) is 6.79. The van der Waals surface area contributed by atoms with Gasteiger partial charge in [-0.3, -0.25) is 9.59 Å². The highest BCUT2D eigenvalue weighted by atomic mass is 16.3. The van der Waals surface area contributed by atoms with E-state index in [1.807, 2.05) is 41.3 Å². The molecule has 4 rings (SSSR count). The number of quaternary nitrogens is 1. The number of hydrogen-bond acceptors (Lipinski definition) is 3. The van der Waals surface area contributed by atoms with E-state index in [2.05, 4.69) is 29.6 Å². The lowest BCUT2D eigenvalue weighted by Crippen LogP contribution is -3.13. The summed E-state index contributed by atoms with van der Waals surface area (Å²) in [5.41, 5.74) is 2.32. The first-order valence-corrected chi connectivity index (χ1v) is 10.7. The summed E-state index contributed by atoms with van der Waals surface area (Å²) < 4.78 is 5.20. The Morgan fingerprint density at radius 1 is 0.903 bits per heavy atom. The van der Waals surface area contributed by atoms with Crippen molar-refractivity contribution in [2.45, 2.75) is 19.0 Å². The molecular weight excluding hydrogens is 390 g/mol. The maximum absolute atomic E-state index is 13.3. The van der Waals surface area contributed by atoms with Crippen LogP contribution in [0.3, 0.4) is 0 Å². The van der Waals surface area contributed by atoms with E-state index in [1.165, 1.54) is 16.7 Å². The maximum Gasteiger partial charge on any atom is 0.287 e. The lowest BCUT2D eigenvalue weighted by atomic mass is 10.0. The minimum absolute atomic E-state index is 0.0393. The van der Waals surface area contributed by atoms with Crippen molar-refractivity contribution < 1.29 is 18.9 Å². The van der Waals surface area contributed by atoms with Gasteiger partial charge in [-0.1, -0.05) is 60.7 Å². The Labute approximate surface area is 182 Å². The summed E-state index contributed by atoms with van der Waals surface area (Å²) in [4.78, 5) is 29.3. The lowest BCUT2D eigenvalue weighted by Gasteiger charge is -2.34. The molecule has 1 aromatic heterocycles. The average Bonchev–Trinajstić information content (AvgIpc) is 3.35. The Bertz CT molecular complexity index is 966. The fraction of sp³-hybridized carbons (Fsp3) is 0.280. The van der Waals surface area contributed by atoms with Crippen LogP contribution in [0.15, 0.2) is 83.5 Å². The van der Waals surface area contributed by atoms with Gasteiger partial charge in [0.15, 0.2) is 5.76 Å². The van der Waals surface area contributed by atoms with Crippen molar-refractivity contribution in [3.8, 4) is 0 Å². The van der Waals surface area contributed by atoms with E-state index < -0.39 is 6.04 Å². The second kappa shape index (κ2) is 10.1. The molecular formula is C25H28N3O3+. The molecule has 0 bridgehead atoms. The normalized spacial score (nSPS) is 15.4. The second-order valence-electron chi connectivity index (χ2n) is 7.93. The van der Waals surface area contributed by atoms with Gasteiger partial charge in [-0.2, -0.15) is 0 Å². The third-order valence-corrected chi connectivity index (χ3v) is 5.71. The number of carbonyl (C=O) groups excluding carboxylic acids is 2. The summed E-state index contributed by atoms with van der Waals surface area (Å²) >= 11 is 0. The van der Waals surface area contributed by atoms with Crippen LogP contribution in [-0.2, 0) is 17.8 Å². The molecule has 3 aromatic rings. The highest BCUT2D eigenvalue weighted by Crippen LogP contribution is 2.09. The van der Waals surface area contributed by atoms with Gasteiger partial charge in [0.25, 0.3) is 5.91 Å². The number of nitrogens with zero attached hydrogens (tertiary/aromatic N) is 1. The molecule has 160 valence electrons. The van der Waals surface area contributed by atoms with Crippen LogP contribution in [0.4, 0.5) is 0 Å². The van der Waals surface area contributed by atoms with Gasteiger partial charge in [0, 0.05) is 12.0 Å². The molecule has 1 fully saturated rings. The summed E-state index contributed by atoms with van der Waals surface area (Å²) in [6, 6.07) is 22.8. The molecule has 0 saturated carbocycles. The van der Waals surface area contributed by atoms with Crippen LogP contribution < -0.4 is 10.2 Å². The molecule has 6 nitrogen and oxygen atoms in total. The van der Waals surface area contributed by atoms with Crippen molar-refractivity contribution in [3.63, 3.8) is 0 Å². The fourth-order valence-corrected chi connectivity index (χ4v) is 4.01. The largest absolute Gasteiger partial charge is 0.459 e. The van der Waals surface area contributed by atoms with Crippen molar-refractivity contribution >= 4 is 11.8 Å². The van der Waals surface area contributed by atoms with E-state index in [1.54, 1.807) is 12.1 Å². The second-order valence-corrected chi connectivity index (χ2v) is 7.93. The van der Waals surface area contributed by atoms with Gasteiger partial charge in [0.1, 0.15) is 12.6 Å². The third-order valence-electron chi connectivity index (χ3n) is 5.71. The topological polar surface area (TPSA) is 67.0 Å². The highest BCUT2D eigenvalue weighted by molar-refractivity contribution is 5.95. The first kappa shape index (κ1) is 20.9. The molecule has 1 atom stereocenters.